The summed E-state index contributed by atoms with van der Waals surface area (Å²) in [5, 5.41) is 18.8. The molecule has 0 aliphatic carbocycles. The highest BCUT2D eigenvalue weighted by atomic mass is 19.4. The van der Waals surface area contributed by atoms with Gasteiger partial charge in [0.05, 0.1) is 11.9 Å². The molecule has 0 unspecified atom stereocenters. The molecule has 0 saturated heterocycles. The topological polar surface area (TPSA) is 115 Å². The number of fused-ring (bicyclic) bond motifs is 1. The van der Waals surface area contributed by atoms with Crippen molar-refractivity contribution in [3.8, 4) is 17.1 Å². The van der Waals surface area contributed by atoms with Gasteiger partial charge in [0.2, 0.25) is 0 Å². The Balaban J connectivity index is 0.000000318. The van der Waals surface area contributed by atoms with Gasteiger partial charge >= 0.3 is 12.1 Å². The number of carboxylic acid groups (broad SMARTS) is 1. The van der Waals surface area contributed by atoms with Gasteiger partial charge in [-0.05, 0) is 37.1 Å². The SMILES string of the molecule is Cc1cnn(-c2cc(-c3cc4n(n3)CCCNC4=O)ccn2)c1.O=C(O)C(F)(F)F. The van der Waals surface area contributed by atoms with E-state index in [-0.39, 0.29) is 5.91 Å². The smallest absolute Gasteiger partial charge is 0.475 e. The average molecular weight is 422 g/mol. The molecule has 0 atom stereocenters. The van der Waals surface area contributed by atoms with E-state index < -0.39 is 12.1 Å². The maximum atomic E-state index is 12.0. The molecule has 0 fully saturated rings. The average Bonchev–Trinajstić information content (AvgIpc) is 3.28. The van der Waals surface area contributed by atoms with Crippen LogP contribution in [0.15, 0.2) is 36.8 Å². The van der Waals surface area contributed by atoms with Gasteiger partial charge in [0, 0.05) is 31.0 Å². The second kappa shape index (κ2) is 8.35. The van der Waals surface area contributed by atoms with E-state index in [2.05, 4.69) is 20.5 Å². The summed E-state index contributed by atoms with van der Waals surface area (Å²) in [5.74, 6) is -2.10. The predicted molar refractivity (Wildman–Crippen MR) is 98.0 cm³/mol. The molecule has 0 radical (unpaired) electrons. The van der Waals surface area contributed by atoms with Crippen molar-refractivity contribution in [2.75, 3.05) is 6.54 Å². The Kier molecular flexibility index (Phi) is 5.85. The highest BCUT2D eigenvalue weighted by molar-refractivity contribution is 5.93. The largest absolute Gasteiger partial charge is 0.490 e. The van der Waals surface area contributed by atoms with Gasteiger partial charge in [-0.25, -0.2) is 14.5 Å². The number of nitrogens with zero attached hydrogens (tertiary/aromatic N) is 5. The third kappa shape index (κ3) is 4.82. The zero-order chi connectivity index (χ0) is 21.9. The Bertz CT molecular complexity index is 1070. The zero-order valence-corrected chi connectivity index (χ0v) is 15.7. The standard InChI is InChI=1S/C16H16N6O.C2HF3O2/c1-11-9-19-22(10-11)15-7-12(3-5-17-15)13-8-14-16(23)18-4-2-6-21(14)20-13;3-2(4,5)1(6)7/h3,5,7-10H,2,4,6H2,1H3,(H,18,23);(H,6,7). The molecule has 0 spiro atoms. The Morgan fingerprint density at radius 3 is 2.67 bits per heavy atom. The molecule has 3 aromatic rings. The fraction of sp³-hybridized carbons (Fsp3) is 0.278. The molecule has 4 heterocycles. The minimum atomic E-state index is -5.08. The van der Waals surface area contributed by atoms with E-state index >= 15 is 0 Å². The molecule has 1 amide bonds. The van der Waals surface area contributed by atoms with Crippen molar-refractivity contribution in [3.63, 3.8) is 0 Å². The van der Waals surface area contributed by atoms with Crippen LogP contribution >= 0.6 is 0 Å². The summed E-state index contributed by atoms with van der Waals surface area (Å²) in [6, 6.07) is 5.64. The first-order chi connectivity index (χ1) is 14.1. The molecule has 12 heteroatoms. The first-order valence-electron chi connectivity index (χ1n) is 8.79. The lowest BCUT2D eigenvalue weighted by Gasteiger charge is -2.03. The van der Waals surface area contributed by atoms with E-state index in [4.69, 9.17) is 9.90 Å². The lowest BCUT2D eigenvalue weighted by molar-refractivity contribution is -0.192. The van der Waals surface area contributed by atoms with Crippen LogP contribution in [-0.2, 0) is 11.3 Å². The van der Waals surface area contributed by atoms with Crippen LogP contribution in [0.3, 0.4) is 0 Å². The first kappa shape index (κ1) is 21.0. The van der Waals surface area contributed by atoms with Crippen LogP contribution in [0.4, 0.5) is 13.2 Å². The van der Waals surface area contributed by atoms with Crippen molar-refractivity contribution >= 4 is 11.9 Å². The minimum Gasteiger partial charge on any atom is -0.475 e. The van der Waals surface area contributed by atoms with Crippen LogP contribution in [0.2, 0.25) is 0 Å². The van der Waals surface area contributed by atoms with Gasteiger partial charge in [0.1, 0.15) is 5.69 Å². The van der Waals surface area contributed by atoms with Crippen LogP contribution < -0.4 is 5.32 Å². The summed E-state index contributed by atoms with van der Waals surface area (Å²) in [6.45, 7) is 3.42. The number of carboxylic acids is 1. The van der Waals surface area contributed by atoms with Gasteiger partial charge in [0.25, 0.3) is 5.91 Å². The number of hydrogen-bond donors (Lipinski definition) is 2. The lowest BCUT2D eigenvalue weighted by atomic mass is 10.2. The summed E-state index contributed by atoms with van der Waals surface area (Å²) < 4.78 is 35.2. The molecule has 0 aromatic carbocycles. The van der Waals surface area contributed by atoms with Crippen LogP contribution in [0, 0.1) is 6.92 Å². The number of nitrogens with one attached hydrogen (secondary N) is 1. The fourth-order valence-corrected chi connectivity index (χ4v) is 2.67. The summed E-state index contributed by atoms with van der Waals surface area (Å²) in [5.41, 5.74) is 3.36. The molecule has 0 saturated carbocycles. The van der Waals surface area contributed by atoms with Gasteiger partial charge in [-0.1, -0.05) is 0 Å². The molecule has 2 N–H and O–H groups in total. The number of hydrogen-bond acceptors (Lipinski definition) is 5. The summed E-state index contributed by atoms with van der Waals surface area (Å²) >= 11 is 0. The van der Waals surface area contributed by atoms with Gasteiger partial charge in [-0.15, -0.1) is 0 Å². The number of carbonyl (C=O) groups excluding carboxylic acids is 1. The Morgan fingerprint density at radius 2 is 2.03 bits per heavy atom. The second-order valence-electron chi connectivity index (χ2n) is 6.42. The summed E-state index contributed by atoms with van der Waals surface area (Å²) in [4.78, 5) is 25.3. The molecule has 3 aromatic heterocycles. The fourth-order valence-electron chi connectivity index (χ4n) is 2.67. The van der Waals surface area contributed by atoms with E-state index in [9.17, 15) is 18.0 Å². The Labute approximate surface area is 168 Å². The number of aromatic nitrogens is 5. The molecule has 9 nitrogen and oxygen atoms in total. The van der Waals surface area contributed by atoms with E-state index in [1.807, 2.05) is 31.3 Å². The quantitative estimate of drug-likeness (QED) is 0.654. The van der Waals surface area contributed by atoms with Crippen LogP contribution in [0.1, 0.15) is 22.5 Å². The summed E-state index contributed by atoms with van der Waals surface area (Å²) in [6.07, 6.45) is 1.24. The summed E-state index contributed by atoms with van der Waals surface area (Å²) in [7, 11) is 0. The number of aryl methyl sites for hydroxylation is 2. The number of halogens is 3. The maximum Gasteiger partial charge on any atom is 0.490 e. The predicted octanol–water partition coefficient (Wildman–Crippen LogP) is 2.21. The van der Waals surface area contributed by atoms with Crippen molar-refractivity contribution in [1.82, 2.24) is 29.9 Å². The number of aliphatic carboxylic acids is 1. The number of rotatable bonds is 2. The van der Waals surface area contributed by atoms with Gasteiger partial charge in [-0.2, -0.15) is 23.4 Å². The molecule has 30 heavy (non-hydrogen) atoms. The molecular weight excluding hydrogens is 405 g/mol. The van der Waals surface area contributed by atoms with Crippen molar-refractivity contribution in [2.24, 2.45) is 0 Å². The molecule has 0 bridgehead atoms. The van der Waals surface area contributed by atoms with Gasteiger partial charge < -0.3 is 10.4 Å². The van der Waals surface area contributed by atoms with Crippen LogP contribution in [-0.4, -0.2) is 54.2 Å². The minimum absolute atomic E-state index is 0.0711. The third-order valence-electron chi connectivity index (χ3n) is 4.08. The normalized spacial score (nSPS) is 13.5. The van der Waals surface area contributed by atoms with Gasteiger partial charge in [-0.3, -0.25) is 9.48 Å². The van der Waals surface area contributed by atoms with E-state index in [0.29, 0.717) is 12.2 Å². The van der Waals surface area contributed by atoms with Crippen molar-refractivity contribution < 1.29 is 27.9 Å². The monoisotopic (exact) mass is 422 g/mol. The molecular formula is C18H17F3N6O3. The van der Waals surface area contributed by atoms with Gasteiger partial charge in [0.15, 0.2) is 5.82 Å². The molecule has 1 aliphatic rings. The second-order valence-corrected chi connectivity index (χ2v) is 6.42. The Morgan fingerprint density at radius 1 is 1.30 bits per heavy atom. The molecule has 158 valence electrons. The van der Waals surface area contributed by atoms with Crippen molar-refractivity contribution in [3.05, 3.63) is 48.0 Å². The number of pyridine rings is 1. The van der Waals surface area contributed by atoms with E-state index in [1.54, 1.807) is 21.8 Å². The first-order valence-corrected chi connectivity index (χ1v) is 8.79. The van der Waals surface area contributed by atoms with E-state index in [1.165, 1.54) is 0 Å². The number of alkyl halides is 3. The lowest BCUT2D eigenvalue weighted by Crippen LogP contribution is -2.22. The molecule has 4 rings (SSSR count). The van der Waals surface area contributed by atoms with Crippen molar-refractivity contribution in [2.45, 2.75) is 26.1 Å². The van der Waals surface area contributed by atoms with Crippen LogP contribution in [0.25, 0.3) is 17.1 Å². The molecule has 1 aliphatic heterocycles. The highest BCUT2D eigenvalue weighted by Crippen LogP contribution is 2.22. The Hall–Kier alpha value is -3.70. The number of carbonyl (C=O) groups is 2. The number of amides is 1. The third-order valence-corrected chi connectivity index (χ3v) is 4.08. The highest BCUT2D eigenvalue weighted by Gasteiger charge is 2.38. The van der Waals surface area contributed by atoms with Crippen LogP contribution in [0.5, 0.6) is 0 Å². The van der Waals surface area contributed by atoms with E-state index in [0.717, 1.165) is 35.6 Å². The van der Waals surface area contributed by atoms with Crippen molar-refractivity contribution in [1.29, 1.82) is 0 Å². The zero-order valence-electron chi connectivity index (χ0n) is 15.7. The maximum absolute atomic E-state index is 12.0.